The molecule has 1 aromatic carbocycles. The smallest absolute Gasteiger partial charge is 0.228 e. The Morgan fingerprint density at radius 3 is 3.00 bits per heavy atom. The second-order valence-corrected chi connectivity index (χ2v) is 4.65. The van der Waals surface area contributed by atoms with Crippen LogP contribution in [0.15, 0.2) is 18.2 Å². The van der Waals surface area contributed by atoms with Crippen LogP contribution in [0.25, 0.3) is 0 Å². The van der Waals surface area contributed by atoms with Gasteiger partial charge in [-0.25, -0.2) is 0 Å². The number of nitrogens with one attached hydrogen (secondary N) is 1. The number of hydrogen-bond donors (Lipinski definition) is 2. The molecule has 0 aliphatic carbocycles. The van der Waals surface area contributed by atoms with Crippen molar-refractivity contribution >= 4 is 11.6 Å². The fourth-order valence-corrected chi connectivity index (χ4v) is 2.21. The van der Waals surface area contributed by atoms with Crippen LogP contribution in [0.5, 0.6) is 0 Å². The number of amides is 1. The highest BCUT2D eigenvalue weighted by atomic mass is 16.3. The third-order valence-corrected chi connectivity index (χ3v) is 3.22. The molecule has 1 atom stereocenters. The van der Waals surface area contributed by atoms with E-state index in [4.69, 9.17) is 0 Å². The SMILES string of the molecule is CCCCCC(O)c1ccc2c(c1)CC(=O)N2. The third-order valence-electron chi connectivity index (χ3n) is 3.22. The largest absolute Gasteiger partial charge is 0.388 e. The van der Waals surface area contributed by atoms with Gasteiger partial charge in [0, 0.05) is 5.69 Å². The molecule has 3 nitrogen and oxygen atoms in total. The second-order valence-electron chi connectivity index (χ2n) is 4.65. The first-order chi connectivity index (χ1) is 8.20. The molecular formula is C14H19NO2. The van der Waals surface area contributed by atoms with E-state index in [1.165, 1.54) is 0 Å². The molecule has 3 heteroatoms. The lowest BCUT2D eigenvalue weighted by atomic mass is 10.00. The van der Waals surface area contributed by atoms with Crippen LogP contribution in [-0.4, -0.2) is 11.0 Å². The Kier molecular flexibility index (Phi) is 3.79. The average Bonchev–Trinajstić information content (AvgIpc) is 2.68. The van der Waals surface area contributed by atoms with Crippen LogP contribution in [0, 0.1) is 0 Å². The van der Waals surface area contributed by atoms with Crippen LogP contribution < -0.4 is 5.32 Å². The second kappa shape index (κ2) is 5.32. The maximum absolute atomic E-state index is 11.2. The number of carbonyl (C=O) groups is 1. The molecule has 0 saturated heterocycles. The van der Waals surface area contributed by atoms with E-state index in [9.17, 15) is 9.90 Å². The Hall–Kier alpha value is -1.35. The molecule has 2 N–H and O–H groups in total. The van der Waals surface area contributed by atoms with E-state index in [2.05, 4.69) is 12.2 Å². The number of benzene rings is 1. The summed E-state index contributed by atoms with van der Waals surface area (Å²) >= 11 is 0. The molecule has 0 saturated carbocycles. The van der Waals surface area contributed by atoms with Gasteiger partial charge >= 0.3 is 0 Å². The van der Waals surface area contributed by atoms with Gasteiger partial charge in [0.15, 0.2) is 0 Å². The first kappa shape index (κ1) is 12.1. The standard InChI is InChI=1S/C14H19NO2/c1-2-3-4-5-13(16)10-6-7-12-11(8-10)9-14(17)15-12/h6-8,13,16H,2-5,9H2,1H3,(H,15,17). The minimum absolute atomic E-state index is 0.0395. The summed E-state index contributed by atoms with van der Waals surface area (Å²) in [6.07, 6.45) is 4.20. The number of unbranched alkanes of at least 4 members (excludes halogenated alkanes) is 2. The molecule has 0 radical (unpaired) electrons. The number of rotatable bonds is 5. The lowest BCUT2D eigenvalue weighted by Crippen LogP contribution is -2.03. The lowest BCUT2D eigenvalue weighted by Gasteiger charge is -2.11. The van der Waals surface area contributed by atoms with Crippen molar-refractivity contribution in [2.75, 3.05) is 5.32 Å². The molecule has 0 bridgehead atoms. The molecule has 92 valence electrons. The first-order valence-electron chi connectivity index (χ1n) is 6.31. The molecule has 0 aromatic heterocycles. The fourth-order valence-electron chi connectivity index (χ4n) is 2.21. The Bertz CT molecular complexity index is 415. The highest BCUT2D eigenvalue weighted by Crippen LogP contribution is 2.28. The maximum Gasteiger partial charge on any atom is 0.228 e. The van der Waals surface area contributed by atoms with Crippen molar-refractivity contribution in [3.05, 3.63) is 29.3 Å². The van der Waals surface area contributed by atoms with Gasteiger partial charge in [-0.3, -0.25) is 4.79 Å². The molecule has 1 heterocycles. The third kappa shape index (κ3) is 2.86. The van der Waals surface area contributed by atoms with Crippen molar-refractivity contribution in [2.45, 2.75) is 45.1 Å². The summed E-state index contributed by atoms with van der Waals surface area (Å²) < 4.78 is 0. The Morgan fingerprint density at radius 2 is 2.24 bits per heavy atom. The van der Waals surface area contributed by atoms with Crippen molar-refractivity contribution < 1.29 is 9.90 Å². The Balaban J connectivity index is 2.02. The minimum atomic E-state index is -0.400. The first-order valence-corrected chi connectivity index (χ1v) is 6.31. The van der Waals surface area contributed by atoms with Gasteiger partial charge in [-0.05, 0) is 23.6 Å². The number of aliphatic hydroxyl groups is 1. The zero-order valence-electron chi connectivity index (χ0n) is 10.2. The summed E-state index contributed by atoms with van der Waals surface area (Å²) in [4.78, 5) is 11.2. The van der Waals surface area contributed by atoms with Crippen LogP contribution in [0.3, 0.4) is 0 Å². The van der Waals surface area contributed by atoms with E-state index in [1.807, 2.05) is 18.2 Å². The van der Waals surface area contributed by atoms with E-state index in [0.29, 0.717) is 6.42 Å². The lowest BCUT2D eigenvalue weighted by molar-refractivity contribution is -0.115. The van der Waals surface area contributed by atoms with Crippen molar-refractivity contribution in [1.29, 1.82) is 0 Å². The van der Waals surface area contributed by atoms with E-state index in [1.54, 1.807) is 0 Å². The molecular weight excluding hydrogens is 214 g/mol. The molecule has 1 aromatic rings. The van der Waals surface area contributed by atoms with E-state index >= 15 is 0 Å². The van der Waals surface area contributed by atoms with Crippen LogP contribution in [0.4, 0.5) is 5.69 Å². The van der Waals surface area contributed by atoms with Gasteiger partial charge in [-0.1, -0.05) is 38.3 Å². The normalized spacial score (nSPS) is 15.5. The van der Waals surface area contributed by atoms with E-state index in [0.717, 1.165) is 42.5 Å². The van der Waals surface area contributed by atoms with Gasteiger partial charge in [-0.2, -0.15) is 0 Å². The Labute approximate surface area is 102 Å². The van der Waals surface area contributed by atoms with Crippen LogP contribution >= 0.6 is 0 Å². The van der Waals surface area contributed by atoms with Crippen molar-refractivity contribution in [3.8, 4) is 0 Å². The van der Waals surface area contributed by atoms with Gasteiger partial charge in [-0.15, -0.1) is 0 Å². The van der Waals surface area contributed by atoms with Gasteiger partial charge < -0.3 is 10.4 Å². The summed E-state index contributed by atoms with van der Waals surface area (Å²) in [6.45, 7) is 2.15. The summed E-state index contributed by atoms with van der Waals surface area (Å²) in [5.41, 5.74) is 2.82. The van der Waals surface area contributed by atoms with Gasteiger partial charge in [0.05, 0.1) is 12.5 Å². The number of anilines is 1. The minimum Gasteiger partial charge on any atom is -0.388 e. The van der Waals surface area contributed by atoms with E-state index < -0.39 is 6.10 Å². The predicted octanol–water partition coefficient (Wildman–Crippen LogP) is 2.79. The van der Waals surface area contributed by atoms with Gasteiger partial charge in [0.1, 0.15) is 0 Å². The van der Waals surface area contributed by atoms with Gasteiger partial charge in [0.2, 0.25) is 5.91 Å². The topological polar surface area (TPSA) is 49.3 Å². The quantitative estimate of drug-likeness (QED) is 0.768. The molecule has 17 heavy (non-hydrogen) atoms. The van der Waals surface area contributed by atoms with E-state index in [-0.39, 0.29) is 5.91 Å². The molecule has 0 spiro atoms. The fraction of sp³-hybridized carbons (Fsp3) is 0.500. The molecule has 2 rings (SSSR count). The van der Waals surface area contributed by atoms with Gasteiger partial charge in [0.25, 0.3) is 0 Å². The highest BCUT2D eigenvalue weighted by Gasteiger charge is 2.18. The van der Waals surface area contributed by atoms with Crippen molar-refractivity contribution in [3.63, 3.8) is 0 Å². The molecule has 1 aliphatic rings. The maximum atomic E-state index is 11.2. The number of aliphatic hydroxyl groups excluding tert-OH is 1. The Morgan fingerprint density at radius 1 is 1.41 bits per heavy atom. The predicted molar refractivity (Wildman–Crippen MR) is 67.9 cm³/mol. The zero-order valence-corrected chi connectivity index (χ0v) is 10.2. The van der Waals surface area contributed by atoms with Crippen LogP contribution in [0.2, 0.25) is 0 Å². The highest BCUT2D eigenvalue weighted by molar-refractivity contribution is 5.99. The molecule has 1 unspecified atom stereocenters. The van der Waals surface area contributed by atoms with Crippen LogP contribution in [-0.2, 0) is 11.2 Å². The summed E-state index contributed by atoms with van der Waals surface area (Å²) in [6, 6.07) is 5.74. The number of fused-ring (bicyclic) bond motifs is 1. The molecule has 1 aliphatic heterocycles. The number of carbonyl (C=O) groups excluding carboxylic acids is 1. The monoisotopic (exact) mass is 233 g/mol. The van der Waals surface area contributed by atoms with Crippen LogP contribution in [0.1, 0.15) is 49.8 Å². The number of hydrogen-bond acceptors (Lipinski definition) is 2. The molecule has 0 fully saturated rings. The summed E-state index contributed by atoms with van der Waals surface area (Å²) in [5, 5.41) is 12.8. The average molecular weight is 233 g/mol. The van der Waals surface area contributed by atoms with Crippen molar-refractivity contribution in [2.24, 2.45) is 0 Å². The molecule has 1 amide bonds. The summed E-state index contributed by atoms with van der Waals surface area (Å²) in [5.74, 6) is 0.0395. The summed E-state index contributed by atoms with van der Waals surface area (Å²) in [7, 11) is 0. The zero-order chi connectivity index (χ0) is 12.3. The van der Waals surface area contributed by atoms with Crippen molar-refractivity contribution in [1.82, 2.24) is 0 Å².